The zero-order chi connectivity index (χ0) is 17.9. The van der Waals surface area contributed by atoms with Crippen molar-refractivity contribution in [2.75, 3.05) is 26.7 Å². The molecule has 0 aliphatic carbocycles. The lowest BCUT2D eigenvalue weighted by Gasteiger charge is -2.36. The fourth-order valence-electron chi connectivity index (χ4n) is 4.72. The summed E-state index contributed by atoms with van der Waals surface area (Å²) in [6.45, 7) is 6.12. The van der Waals surface area contributed by atoms with Crippen LogP contribution in [0, 0.1) is 0 Å². The smallest absolute Gasteiger partial charge is 0.127 e. The molecule has 2 N–H and O–H groups in total. The first-order chi connectivity index (χ1) is 12.7. The summed E-state index contributed by atoms with van der Waals surface area (Å²) in [4.78, 5) is 3.50. The van der Waals surface area contributed by atoms with Crippen molar-refractivity contribution in [1.82, 2.24) is 0 Å². The Balaban J connectivity index is 1.34. The molecular formula is C22H29BrN2O+2. The highest BCUT2D eigenvalue weighted by atomic mass is 79.9. The van der Waals surface area contributed by atoms with E-state index in [1.54, 1.807) is 23.1 Å². The zero-order valence-electron chi connectivity index (χ0n) is 15.6. The van der Waals surface area contributed by atoms with Gasteiger partial charge in [-0.3, -0.25) is 0 Å². The van der Waals surface area contributed by atoms with E-state index < -0.39 is 0 Å². The average Bonchev–Trinajstić information content (AvgIpc) is 2.68. The number of ether oxygens (including phenoxy) is 1. The van der Waals surface area contributed by atoms with E-state index in [0.29, 0.717) is 0 Å². The van der Waals surface area contributed by atoms with Crippen LogP contribution in [0.1, 0.15) is 29.5 Å². The number of hydrogen-bond acceptors (Lipinski definition) is 1. The lowest BCUT2D eigenvalue weighted by atomic mass is 9.95. The fourth-order valence-corrected chi connectivity index (χ4v) is 5.12. The summed E-state index contributed by atoms with van der Waals surface area (Å²) in [6, 6.07) is 16.2. The van der Waals surface area contributed by atoms with Gasteiger partial charge in [0.15, 0.2) is 0 Å². The number of hydrogen-bond donors (Lipinski definition) is 2. The molecule has 1 saturated heterocycles. The standard InChI is InChI=1S/C22H27BrN2O/c1-26-22-7-6-20(23)14-19(22)15-24-11-9-21(10-12-24)25-13-8-17-4-2-3-5-18(17)16-25/h2-7,14,21H,8-13,15-16H2,1H3/p+2. The minimum atomic E-state index is 0.830. The van der Waals surface area contributed by atoms with Gasteiger partial charge in [0.2, 0.25) is 0 Å². The quantitative estimate of drug-likeness (QED) is 0.775. The van der Waals surface area contributed by atoms with Crippen LogP contribution in [0.3, 0.4) is 0 Å². The van der Waals surface area contributed by atoms with Gasteiger partial charge in [-0.1, -0.05) is 40.2 Å². The van der Waals surface area contributed by atoms with E-state index in [0.717, 1.165) is 22.8 Å². The van der Waals surface area contributed by atoms with E-state index >= 15 is 0 Å². The van der Waals surface area contributed by atoms with Gasteiger partial charge in [-0.15, -0.1) is 0 Å². The SMILES string of the molecule is COc1ccc(Br)cc1C[NH+]1CCC([NH+]2CCc3ccccc3C2)CC1. The molecule has 0 saturated carbocycles. The first kappa shape index (κ1) is 18.0. The number of rotatable bonds is 4. The Morgan fingerprint density at radius 1 is 1.04 bits per heavy atom. The summed E-state index contributed by atoms with van der Waals surface area (Å²) in [5.74, 6) is 1.01. The molecule has 2 aliphatic rings. The Kier molecular flexibility index (Phi) is 5.63. The number of nitrogens with one attached hydrogen (secondary N) is 2. The van der Waals surface area contributed by atoms with Crippen LogP contribution in [-0.4, -0.2) is 32.8 Å². The van der Waals surface area contributed by atoms with Crippen molar-refractivity contribution in [2.24, 2.45) is 0 Å². The molecule has 1 fully saturated rings. The van der Waals surface area contributed by atoms with Crippen LogP contribution in [0.5, 0.6) is 5.75 Å². The van der Waals surface area contributed by atoms with Gasteiger partial charge in [-0.05, 0) is 23.8 Å². The van der Waals surface area contributed by atoms with Gasteiger partial charge in [-0.25, -0.2) is 0 Å². The molecule has 0 bridgehead atoms. The van der Waals surface area contributed by atoms with Crippen molar-refractivity contribution in [1.29, 1.82) is 0 Å². The average molecular weight is 417 g/mol. The summed E-state index contributed by atoms with van der Waals surface area (Å²) in [5, 5.41) is 0. The Labute approximate surface area is 165 Å². The van der Waals surface area contributed by atoms with E-state index in [9.17, 15) is 0 Å². The summed E-state index contributed by atoms with van der Waals surface area (Å²) in [7, 11) is 1.77. The van der Waals surface area contributed by atoms with Crippen LogP contribution in [-0.2, 0) is 19.5 Å². The lowest BCUT2D eigenvalue weighted by Crippen LogP contribution is -3.20. The van der Waals surface area contributed by atoms with Gasteiger partial charge in [0.1, 0.15) is 18.8 Å². The fraction of sp³-hybridized carbons (Fsp3) is 0.455. The Morgan fingerprint density at radius 2 is 1.81 bits per heavy atom. The van der Waals surface area contributed by atoms with Crippen molar-refractivity contribution < 1.29 is 14.5 Å². The Morgan fingerprint density at radius 3 is 2.58 bits per heavy atom. The second kappa shape index (κ2) is 8.12. The molecular weight excluding hydrogens is 388 g/mol. The first-order valence-corrected chi connectivity index (χ1v) is 10.6. The van der Waals surface area contributed by atoms with E-state index in [4.69, 9.17) is 4.74 Å². The summed E-state index contributed by atoms with van der Waals surface area (Å²) in [6.07, 6.45) is 3.92. The number of piperidine rings is 1. The van der Waals surface area contributed by atoms with Gasteiger partial charge in [0.25, 0.3) is 0 Å². The predicted molar refractivity (Wildman–Crippen MR) is 108 cm³/mol. The van der Waals surface area contributed by atoms with Crippen molar-refractivity contribution in [3.8, 4) is 5.75 Å². The molecule has 2 heterocycles. The molecule has 4 rings (SSSR count). The van der Waals surface area contributed by atoms with Crippen molar-refractivity contribution >= 4 is 15.9 Å². The molecule has 1 unspecified atom stereocenters. The first-order valence-electron chi connectivity index (χ1n) is 9.80. The molecule has 1 atom stereocenters. The normalized spacial score (nSPS) is 25.5. The highest BCUT2D eigenvalue weighted by Gasteiger charge is 2.32. The molecule has 26 heavy (non-hydrogen) atoms. The van der Waals surface area contributed by atoms with Gasteiger partial charge in [0, 0.05) is 34.9 Å². The van der Waals surface area contributed by atoms with Crippen molar-refractivity contribution in [3.05, 3.63) is 63.6 Å². The molecule has 2 aromatic carbocycles. The maximum atomic E-state index is 5.55. The van der Waals surface area contributed by atoms with Crippen LogP contribution < -0.4 is 14.5 Å². The second-order valence-electron chi connectivity index (χ2n) is 7.76. The monoisotopic (exact) mass is 416 g/mol. The molecule has 2 aromatic rings. The third kappa shape index (κ3) is 3.98. The molecule has 2 aliphatic heterocycles. The molecule has 138 valence electrons. The Hall–Kier alpha value is -1.36. The van der Waals surface area contributed by atoms with Gasteiger partial charge >= 0.3 is 0 Å². The summed E-state index contributed by atoms with van der Waals surface area (Å²) < 4.78 is 6.69. The topological polar surface area (TPSA) is 18.1 Å². The second-order valence-corrected chi connectivity index (χ2v) is 8.68. The molecule has 0 spiro atoms. The van der Waals surface area contributed by atoms with Crippen LogP contribution in [0.4, 0.5) is 0 Å². The maximum absolute atomic E-state index is 5.55. The Bertz CT molecular complexity index is 756. The van der Waals surface area contributed by atoms with Crippen molar-refractivity contribution in [2.45, 2.75) is 38.4 Å². The third-order valence-electron chi connectivity index (χ3n) is 6.20. The molecule has 0 aromatic heterocycles. The lowest BCUT2D eigenvalue weighted by molar-refractivity contribution is -0.972. The van der Waals surface area contributed by atoms with Crippen LogP contribution in [0.15, 0.2) is 46.9 Å². The predicted octanol–water partition coefficient (Wildman–Crippen LogP) is 1.65. The molecule has 0 amide bonds. The summed E-state index contributed by atoms with van der Waals surface area (Å²) >= 11 is 3.60. The number of likely N-dealkylation sites (tertiary alicyclic amines) is 1. The highest BCUT2D eigenvalue weighted by Crippen LogP contribution is 2.22. The maximum Gasteiger partial charge on any atom is 0.127 e. The number of quaternary nitrogens is 2. The number of benzene rings is 2. The molecule has 0 radical (unpaired) electrons. The molecule has 3 nitrogen and oxygen atoms in total. The van der Waals surface area contributed by atoms with E-state index in [1.165, 1.54) is 51.0 Å². The largest absolute Gasteiger partial charge is 0.496 e. The third-order valence-corrected chi connectivity index (χ3v) is 6.70. The highest BCUT2D eigenvalue weighted by molar-refractivity contribution is 9.10. The minimum Gasteiger partial charge on any atom is -0.496 e. The zero-order valence-corrected chi connectivity index (χ0v) is 17.1. The van der Waals surface area contributed by atoms with E-state index in [1.807, 2.05) is 4.90 Å². The number of methoxy groups -OCH3 is 1. The van der Waals surface area contributed by atoms with E-state index in [-0.39, 0.29) is 0 Å². The summed E-state index contributed by atoms with van der Waals surface area (Å²) in [5.41, 5.74) is 4.46. The molecule has 4 heteroatoms. The van der Waals surface area contributed by atoms with Gasteiger partial charge in [-0.2, -0.15) is 0 Å². The van der Waals surface area contributed by atoms with Gasteiger partial charge in [0.05, 0.1) is 32.8 Å². The minimum absolute atomic E-state index is 0.830. The van der Waals surface area contributed by atoms with E-state index in [2.05, 4.69) is 58.4 Å². The van der Waals surface area contributed by atoms with Crippen LogP contribution in [0.2, 0.25) is 0 Å². The number of halogens is 1. The number of fused-ring (bicyclic) bond motifs is 1. The van der Waals surface area contributed by atoms with Crippen LogP contribution >= 0.6 is 15.9 Å². The van der Waals surface area contributed by atoms with Gasteiger partial charge < -0.3 is 14.5 Å². The van der Waals surface area contributed by atoms with Crippen LogP contribution in [0.25, 0.3) is 0 Å². The van der Waals surface area contributed by atoms with Crippen molar-refractivity contribution in [3.63, 3.8) is 0 Å².